The first-order chi connectivity index (χ1) is 15.4. The van der Waals surface area contributed by atoms with Crippen LogP contribution >= 0.6 is 0 Å². The van der Waals surface area contributed by atoms with Gasteiger partial charge < -0.3 is 14.5 Å². The summed E-state index contributed by atoms with van der Waals surface area (Å²) in [5, 5.41) is 0. The topological polar surface area (TPSA) is 49.9 Å². The SMILES string of the molecule is CC.CC.COC1(CCC2CCN(C(=O)C3CCC(C(C)=O)CC3)CC2)CCN(C)CC1. The predicted octanol–water partition coefficient (Wildman–Crippen LogP) is 5.56. The predicted molar refractivity (Wildman–Crippen MR) is 134 cm³/mol. The fourth-order valence-electron chi connectivity index (χ4n) is 5.50. The van der Waals surface area contributed by atoms with Gasteiger partial charge in [-0.2, -0.15) is 0 Å². The van der Waals surface area contributed by atoms with Gasteiger partial charge in [-0.3, -0.25) is 9.59 Å². The van der Waals surface area contributed by atoms with Crippen molar-refractivity contribution in [2.24, 2.45) is 17.8 Å². The van der Waals surface area contributed by atoms with Crippen molar-refractivity contribution in [3.8, 4) is 0 Å². The normalized spacial score (nSPS) is 26.3. The Labute approximate surface area is 198 Å². The van der Waals surface area contributed by atoms with Crippen LogP contribution in [0.15, 0.2) is 0 Å². The van der Waals surface area contributed by atoms with Gasteiger partial charge in [-0.25, -0.2) is 0 Å². The first kappa shape index (κ1) is 29.1. The molecule has 188 valence electrons. The van der Waals surface area contributed by atoms with Crippen molar-refractivity contribution in [1.82, 2.24) is 9.80 Å². The molecule has 3 rings (SSSR count). The zero-order valence-corrected chi connectivity index (χ0v) is 22.3. The molecular formula is C27H52N2O3. The number of carbonyl (C=O) groups excluding carboxylic acids is 2. The van der Waals surface area contributed by atoms with Crippen molar-refractivity contribution in [2.75, 3.05) is 40.3 Å². The summed E-state index contributed by atoms with van der Waals surface area (Å²) in [5.74, 6) is 1.73. The Bertz CT molecular complexity index is 527. The van der Waals surface area contributed by atoms with Crippen LogP contribution in [-0.4, -0.2) is 67.4 Å². The Balaban J connectivity index is 0.00000121. The van der Waals surface area contributed by atoms with Crippen molar-refractivity contribution < 1.29 is 14.3 Å². The second-order valence-electron chi connectivity index (χ2n) is 9.66. The molecule has 5 nitrogen and oxygen atoms in total. The van der Waals surface area contributed by atoms with Gasteiger partial charge in [0.1, 0.15) is 5.78 Å². The summed E-state index contributed by atoms with van der Waals surface area (Å²) in [6, 6.07) is 0. The van der Waals surface area contributed by atoms with Crippen LogP contribution < -0.4 is 0 Å². The maximum absolute atomic E-state index is 12.9. The monoisotopic (exact) mass is 452 g/mol. The molecule has 0 N–H and O–H groups in total. The number of ether oxygens (including phenoxy) is 1. The molecule has 0 bridgehead atoms. The molecule has 2 saturated heterocycles. The molecule has 0 radical (unpaired) electrons. The highest BCUT2D eigenvalue weighted by Crippen LogP contribution is 2.35. The summed E-state index contributed by atoms with van der Waals surface area (Å²) < 4.78 is 5.97. The fraction of sp³-hybridized carbons (Fsp3) is 0.926. The van der Waals surface area contributed by atoms with Gasteiger partial charge in [0.25, 0.3) is 0 Å². The molecule has 0 spiro atoms. The van der Waals surface area contributed by atoms with E-state index in [2.05, 4.69) is 16.8 Å². The van der Waals surface area contributed by atoms with E-state index in [0.29, 0.717) is 11.7 Å². The summed E-state index contributed by atoms with van der Waals surface area (Å²) in [6.07, 6.45) is 10.5. The molecule has 32 heavy (non-hydrogen) atoms. The van der Waals surface area contributed by atoms with Crippen LogP contribution in [-0.2, 0) is 14.3 Å². The van der Waals surface area contributed by atoms with E-state index >= 15 is 0 Å². The second kappa shape index (κ2) is 15.1. The quantitative estimate of drug-likeness (QED) is 0.529. The lowest BCUT2D eigenvalue weighted by molar-refractivity contribution is -0.139. The van der Waals surface area contributed by atoms with Gasteiger partial charge in [0.15, 0.2) is 0 Å². The molecule has 2 aliphatic heterocycles. The maximum Gasteiger partial charge on any atom is 0.225 e. The minimum atomic E-state index is 0.0782. The number of methoxy groups -OCH3 is 1. The van der Waals surface area contributed by atoms with E-state index in [0.717, 1.165) is 89.9 Å². The van der Waals surface area contributed by atoms with E-state index in [4.69, 9.17) is 4.74 Å². The van der Waals surface area contributed by atoms with Crippen molar-refractivity contribution in [3.63, 3.8) is 0 Å². The number of amides is 1. The third-order valence-corrected chi connectivity index (χ3v) is 7.92. The lowest BCUT2D eigenvalue weighted by Crippen LogP contribution is -2.45. The van der Waals surface area contributed by atoms with Gasteiger partial charge in [-0.15, -0.1) is 0 Å². The number of hydrogen-bond donors (Lipinski definition) is 0. The highest BCUT2D eigenvalue weighted by Gasteiger charge is 2.36. The number of likely N-dealkylation sites (tertiary alicyclic amines) is 2. The maximum atomic E-state index is 12.9. The molecule has 0 aromatic rings. The zero-order valence-electron chi connectivity index (χ0n) is 22.3. The van der Waals surface area contributed by atoms with E-state index in [1.807, 2.05) is 34.8 Å². The van der Waals surface area contributed by atoms with Gasteiger partial charge in [0.2, 0.25) is 5.91 Å². The Hall–Kier alpha value is -0.940. The van der Waals surface area contributed by atoms with E-state index in [1.165, 1.54) is 6.42 Å². The minimum Gasteiger partial charge on any atom is -0.378 e. The van der Waals surface area contributed by atoms with Crippen LogP contribution in [0.1, 0.15) is 98.8 Å². The lowest BCUT2D eigenvalue weighted by atomic mass is 9.79. The molecule has 1 saturated carbocycles. The number of nitrogens with zero attached hydrogens (tertiary/aromatic N) is 2. The number of carbonyl (C=O) groups is 2. The Kier molecular flexibility index (Phi) is 13.7. The molecule has 1 amide bonds. The fourth-order valence-corrected chi connectivity index (χ4v) is 5.50. The lowest BCUT2D eigenvalue weighted by Gasteiger charge is -2.41. The first-order valence-corrected chi connectivity index (χ1v) is 13.5. The van der Waals surface area contributed by atoms with E-state index < -0.39 is 0 Å². The smallest absolute Gasteiger partial charge is 0.225 e. The van der Waals surface area contributed by atoms with Crippen LogP contribution in [0.4, 0.5) is 0 Å². The molecule has 0 unspecified atom stereocenters. The summed E-state index contributed by atoms with van der Waals surface area (Å²) in [4.78, 5) is 28.9. The van der Waals surface area contributed by atoms with Crippen LogP contribution in [0, 0.1) is 17.8 Å². The summed E-state index contributed by atoms with van der Waals surface area (Å²) >= 11 is 0. The molecule has 0 aromatic carbocycles. The Morgan fingerprint density at radius 3 is 1.81 bits per heavy atom. The van der Waals surface area contributed by atoms with Gasteiger partial charge >= 0.3 is 0 Å². The highest BCUT2D eigenvalue weighted by atomic mass is 16.5. The van der Waals surface area contributed by atoms with Gasteiger partial charge in [0, 0.05) is 45.1 Å². The van der Waals surface area contributed by atoms with Gasteiger partial charge in [-0.1, -0.05) is 27.7 Å². The van der Waals surface area contributed by atoms with E-state index in [1.54, 1.807) is 6.92 Å². The van der Waals surface area contributed by atoms with E-state index in [9.17, 15) is 9.59 Å². The molecule has 5 heteroatoms. The second-order valence-corrected chi connectivity index (χ2v) is 9.66. The highest BCUT2D eigenvalue weighted by molar-refractivity contribution is 5.81. The van der Waals surface area contributed by atoms with Crippen molar-refractivity contribution >= 4 is 11.7 Å². The average Bonchev–Trinajstić information content (AvgIpc) is 2.86. The molecule has 0 atom stereocenters. The molecule has 0 aromatic heterocycles. The van der Waals surface area contributed by atoms with E-state index in [-0.39, 0.29) is 17.4 Å². The van der Waals surface area contributed by atoms with Crippen LogP contribution in [0.5, 0.6) is 0 Å². The number of ketones is 1. The van der Waals surface area contributed by atoms with Gasteiger partial charge in [-0.05, 0) is 84.1 Å². The molecule has 1 aliphatic carbocycles. The third-order valence-electron chi connectivity index (χ3n) is 7.92. The summed E-state index contributed by atoms with van der Waals surface area (Å²) in [6.45, 7) is 13.8. The number of rotatable bonds is 6. The van der Waals surface area contributed by atoms with Crippen LogP contribution in [0.3, 0.4) is 0 Å². The van der Waals surface area contributed by atoms with Crippen molar-refractivity contribution in [3.05, 3.63) is 0 Å². The van der Waals surface area contributed by atoms with Crippen molar-refractivity contribution in [2.45, 2.75) is 104 Å². The first-order valence-electron chi connectivity index (χ1n) is 13.5. The van der Waals surface area contributed by atoms with Crippen LogP contribution in [0.25, 0.3) is 0 Å². The van der Waals surface area contributed by atoms with Crippen molar-refractivity contribution in [1.29, 1.82) is 0 Å². The Morgan fingerprint density at radius 2 is 1.34 bits per heavy atom. The molecule has 3 fully saturated rings. The third kappa shape index (κ3) is 8.44. The molecular weight excluding hydrogens is 400 g/mol. The number of piperidine rings is 2. The Morgan fingerprint density at radius 1 is 0.844 bits per heavy atom. The molecule has 2 heterocycles. The minimum absolute atomic E-state index is 0.0782. The number of Topliss-reactive ketones (excluding diaryl/α,β-unsaturated/α-hetero) is 1. The summed E-state index contributed by atoms with van der Waals surface area (Å²) in [7, 11) is 4.08. The average molecular weight is 453 g/mol. The van der Waals surface area contributed by atoms with Gasteiger partial charge in [0.05, 0.1) is 5.60 Å². The van der Waals surface area contributed by atoms with Crippen LogP contribution in [0.2, 0.25) is 0 Å². The molecule has 3 aliphatic rings. The largest absolute Gasteiger partial charge is 0.378 e. The summed E-state index contributed by atoms with van der Waals surface area (Å²) in [5.41, 5.74) is 0.0782. The number of hydrogen-bond acceptors (Lipinski definition) is 4. The zero-order chi connectivity index (χ0) is 24.1. The standard InChI is InChI=1S/C23H40N2O3.2C2H6/c1-18(26)20-4-6-21(7-5-20)22(27)25-14-9-19(10-15-25)8-11-23(28-3)12-16-24(2)17-13-23;2*1-2/h19-21H,4-17H2,1-3H3;2*1-2H3.